The minimum Gasteiger partial charge on any atom is -0.381 e. The highest BCUT2D eigenvalue weighted by molar-refractivity contribution is 6.08. The van der Waals surface area contributed by atoms with Gasteiger partial charge in [0.25, 0.3) is 11.5 Å². The zero-order valence-electron chi connectivity index (χ0n) is 27.0. The summed E-state index contributed by atoms with van der Waals surface area (Å²) in [6.07, 6.45) is 3.21. The van der Waals surface area contributed by atoms with Crippen LogP contribution in [0.5, 0.6) is 0 Å². The molecular weight excluding hydrogens is 568 g/mol. The Hall–Kier alpha value is -3.95. The molecule has 2 amide bonds. The third kappa shape index (κ3) is 5.57. The third-order valence-corrected chi connectivity index (χ3v) is 10.1. The lowest BCUT2D eigenvalue weighted by Gasteiger charge is -2.37. The van der Waals surface area contributed by atoms with Crippen molar-refractivity contribution in [3.8, 4) is 11.1 Å². The first kappa shape index (κ1) is 31.0. The number of aryl methyl sites for hydroxylation is 2. The number of anilines is 2. The van der Waals surface area contributed by atoms with Gasteiger partial charge in [-0.05, 0) is 105 Å². The van der Waals surface area contributed by atoms with E-state index in [1.54, 1.807) is 4.90 Å². The topological polar surface area (TPSA) is 104 Å². The first-order chi connectivity index (χ1) is 21.6. The molecule has 0 atom stereocenters. The molecule has 6 rings (SSSR count). The maximum atomic E-state index is 13.9. The molecule has 45 heavy (non-hydrogen) atoms. The molecule has 0 radical (unpaired) electrons. The van der Waals surface area contributed by atoms with Crippen molar-refractivity contribution in [3.63, 3.8) is 0 Å². The Labute approximate surface area is 264 Å². The van der Waals surface area contributed by atoms with Crippen molar-refractivity contribution in [2.24, 2.45) is 0 Å². The number of pyridine rings is 1. The van der Waals surface area contributed by atoms with Crippen molar-refractivity contribution in [1.82, 2.24) is 10.3 Å². The van der Waals surface area contributed by atoms with Crippen LogP contribution in [0.25, 0.3) is 11.1 Å². The lowest BCUT2D eigenvalue weighted by atomic mass is 9.75. The van der Waals surface area contributed by atoms with Gasteiger partial charge in [-0.25, -0.2) is 0 Å². The van der Waals surface area contributed by atoms with E-state index >= 15 is 0 Å². The monoisotopic (exact) mass is 612 g/mol. The molecule has 3 aliphatic heterocycles. The van der Waals surface area contributed by atoms with Crippen LogP contribution in [0.15, 0.2) is 41.2 Å². The van der Waals surface area contributed by atoms with Crippen LogP contribution in [-0.2, 0) is 26.2 Å². The maximum Gasteiger partial charge on any atom is 0.253 e. The smallest absolute Gasteiger partial charge is 0.253 e. The van der Waals surface area contributed by atoms with Crippen LogP contribution in [0.2, 0.25) is 0 Å². The number of carbonyl (C=O) groups is 2. The van der Waals surface area contributed by atoms with Gasteiger partial charge >= 0.3 is 0 Å². The van der Waals surface area contributed by atoms with E-state index < -0.39 is 5.41 Å². The molecule has 9 nitrogen and oxygen atoms in total. The molecule has 0 saturated carbocycles. The van der Waals surface area contributed by atoms with E-state index in [-0.39, 0.29) is 23.9 Å². The van der Waals surface area contributed by atoms with Crippen molar-refractivity contribution in [3.05, 3.63) is 80.3 Å². The minimum absolute atomic E-state index is 0.126. The minimum atomic E-state index is -0.529. The molecule has 0 bridgehead atoms. The van der Waals surface area contributed by atoms with E-state index in [1.807, 2.05) is 40.0 Å². The highest BCUT2D eigenvalue weighted by Gasteiger charge is 2.50. The number of amides is 2. The summed E-state index contributed by atoms with van der Waals surface area (Å²) in [5.74, 6) is -0.103. The van der Waals surface area contributed by atoms with E-state index in [4.69, 9.17) is 9.47 Å². The zero-order valence-corrected chi connectivity index (χ0v) is 27.0. The predicted molar refractivity (Wildman–Crippen MR) is 176 cm³/mol. The Balaban J connectivity index is 1.41. The first-order valence-electron chi connectivity index (χ1n) is 16.1. The van der Waals surface area contributed by atoms with Gasteiger partial charge in [-0.1, -0.05) is 12.1 Å². The second-order valence-corrected chi connectivity index (χ2v) is 12.7. The number of aromatic amines is 1. The molecule has 0 aliphatic carbocycles. The Morgan fingerprint density at radius 1 is 1.00 bits per heavy atom. The lowest BCUT2D eigenvalue weighted by Crippen LogP contribution is -2.42. The summed E-state index contributed by atoms with van der Waals surface area (Å²) in [5.41, 5.74) is 7.78. The predicted octanol–water partition coefficient (Wildman–Crippen LogP) is 4.93. The summed E-state index contributed by atoms with van der Waals surface area (Å²) in [4.78, 5) is 47.2. The molecule has 2 aromatic carbocycles. The van der Waals surface area contributed by atoms with Crippen molar-refractivity contribution < 1.29 is 19.1 Å². The van der Waals surface area contributed by atoms with E-state index in [0.717, 1.165) is 77.5 Å². The van der Waals surface area contributed by atoms with E-state index in [1.165, 1.54) is 0 Å². The molecule has 4 heterocycles. The number of nitrogens with one attached hydrogen (secondary N) is 2. The average molecular weight is 613 g/mol. The van der Waals surface area contributed by atoms with Crippen molar-refractivity contribution in [2.75, 3.05) is 49.8 Å². The average Bonchev–Trinajstić information content (AvgIpc) is 3.23. The number of likely N-dealkylation sites (N-methyl/N-ethyl adjacent to an activating group) is 1. The Morgan fingerprint density at radius 2 is 1.71 bits per heavy atom. The van der Waals surface area contributed by atoms with Crippen molar-refractivity contribution in [1.29, 1.82) is 0 Å². The summed E-state index contributed by atoms with van der Waals surface area (Å²) in [7, 11) is 1.85. The van der Waals surface area contributed by atoms with Crippen molar-refractivity contribution >= 4 is 23.2 Å². The largest absolute Gasteiger partial charge is 0.381 e. The number of fused-ring (bicyclic) bond motifs is 2. The summed E-state index contributed by atoms with van der Waals surface area (Å²) < 4.78 is 11.3. The summed E-state index contributed by atoms with van der Waals surface area (Å²) in [6, 6.07) is 12.6. The van der Waals surface area contributed by atoms with Crippen LogP contribution in [0.3, 0.4) is 0 Å². The van der Waals surface area contributed by atoms with Gasteiger partial charge in [-0.15, -0.1) is 0 Å². The number of hydrogen-bond acceptors (Lipinski definition) is 6. The number of hydrogen-bond donors (Lipinski definition) is 2. The van der Waals surface area contributed by atoms with Gasteiger partial charge < -0.3 is 29.6 Å². The third-order valence-electron chi connectivity index (χ3n) is 10.1. The van der Waals surface area contributed by atoms with Gasteiger partial charge in [0.05, 0.1) is 5.41 Å². The summed E-state index contributed by atoms with van der Waals surface area (Å²) in [5, 5.41) is 3.03. The Bertz CT molecular complexity index is 1680. The van der Waals surface area contributed by atoms with Gasteiger partial charge in [0.1, 0.15) is 0 Å². The number of rotatable bonds is 7. The van der Waals surface area contributed by atoms with E-state index in [9.17, 15) is 14.4 Å². The lowest BCUT2D eigenvalue weighted by molar-refractivity contribution is -0.126. The van der Waals surface area contributed by atoms with Crippen molar-refractivity contribution in [2.45, 2.75) is 71.4 Å². The number of benzene rings is 2. The van der Waals surface area contributed by atoms with Gasteiger partial charge in [-0.2, -0.15) is 0 Å². The molecule has 2 N–H and O–H groups in total. The normalized spacial score (nSPS) is 17.9. The fraction of sp³-hybridized carbons (Fsp3) is 0.472. The Kier molecular flexibility index (Phi) is 8.59. The SMILES string of the molecule is CCN(c1cc(-c2ccc3c(c2)N(C)C(=O)C32CCOCC2)cc(C(=O)NCc2c(C)cc(C)[nH]c2=O)c1C)C1CCOCC1. The second-order valence-electron chi connectivity index (χ2n) is 12.7. The fourth-order valence-electron chi connectivity index (χ4n) is 7.53. The maximum absolute atomic E-state index is 13.9. The number of carbonyl (C=O) groups excluding carboxylic acids is 2. The number of aromatic nitrogens is 1. The second kappa shape index (κ2) is 12.4. The number of nitrogens with zero attached hydrogens (tertiary/aromatic N) is 2. The molecule has 1 aromatic heterocycles. The molecular formula is C36H44N4O5. The van der Waals surface area contributed by atoms with Crippen LogP contribution >= 0.6 is 0 Å². The molecule has 9 heteroatoms. The highest BCUT2D eigenvalue weighted by atomic mass is 16.5. The van der Waals surface area contributed by atoms with Gasteiger partial charge in [0.15, 0.2) is 0 Å². The molecule has 3 aromatic rings. The van der Waals surface area contributed by atoms with Gasteiger partial charge in [-0.3, -0.25) is 14.4 Å². The van der Waals surface area contributed by atoms with Crippen LogP contribution in [0.4, 0.5) is 11.4 Å². The molecule has 0 unspecified atom stereocenters. The summed E-state index contributed by atoms with van der Waals surface area (Å²) >= 11 is 0. The fourth-order valence-corrected chi connectivity index (χ4v) is 7.53. The van der Waals surface area contributed by atoms with Crippen LogP contribution < -0.4 is 20.7 Å². The molecule has 238 valence electrons. The number of H-pyrrole nitrogens is 1. The van der Waals surface area contributed by atoms with Crippen LogP contribution in [0.1, 0.15) is 70.9 Å². The van der Waals surface area contributed by atoms with Gasteiger partial charge in [0, 0.05) is 80.8 Å². The van der Waals surface area contributed by atoms with E-state index in [2.05, 4.69) is 46.4 Å². The zero-order chi connectivity index (χ0) is 31.9. The standard InChI is InChI=1S/C36H44N4O5/c1-6-40(27-9-13-44-14-10-27)31-20-26(18-28(24(31)4)33(41)37-21-29-22(2)17-23(3)38-34(29)42)25-7-8-30-32(19-25)39(5)35(43)36(30)11-15-45-16-12-36/h7-8,17-20,27H,6,9-16,21H2,1-5H3,(H,37,41)(H,38,42). The molecule has 1 spiro atoms. The quantitative estimate of drug-likeness (QED) is 0.393. The Morgan fingerprint density at radius 3 is 2.40 bits per heavy atom. The first-order valence-corrected chi connectivity index (χ1v) is 16.1. The highest BCUT2D eigenvalue weighted by Crippen LogP contribution is 2.48. The van der Waals surface area contributed by atoms with Crippen LogP contribution in [-0.4, -0.2) is 62.9 Å². The summed E-state index contributed by atoms with van der Waals surface area (Å²) in [6.45, 7) is 11.4. The van der Waals surface area contributed by atoms with E-state index in [0.29, 0.717) is 43.2 Å². The molecule has 3 aliphatic rings. The number of ether oxygens (including phenoxy) is 2. The van der Waals surface area contributed by atoms with Crippen LogP contribution in [0, 0.1) is 20.8 Å². The molecule has 2 fully saturated rings. The van der Waals surface area contributed by atoms with Gasteiger partial charge in [0.2, 0.25) is 5.91 Å². The molecule has 2 saturated heterocycles.